The number of nitrogens with one attached hydrogen (secondary N) is 2. The lowest BCUT2D eigenvalue weighted by Crippen LogP contribution is -1.97. The molecule has 0 aliphatic carbocycles. The van der Waals surface area contributed by atoms with E-state index in [-0.39, 0.29) is 0 Å². The van der Waals surface area contributed by atoms with Crippen LogP contribution in [0.15, 0.2) is 54.9 Å². The number of H-pyrrole nitrogens is 2. The van der Waals surface area contributed by atoms with Crippen LogP contribution in [0.25, 0.3) is 21.8 Å². The van der Waals surface area contributed by atoms with E-state index in [2.05, 4.69) is 35.1 Å². The van der Waals surface area contributed by atoms with E-state index in [1.165, 1.54) is 5.56 Å². The Morgan fingerprint density at radius 1 is 0.909 bits per heavy atom. The van der Waals surface area contributed by atoms with Gasteiger partial charge >= 0.3 is 0 Å². The third kappa shape index (κ3) is 1.86. The van der Waals surface area contributed by atoms with E-state index in [1.54, 1.807) is 0 Å². The van der Waals surface area contributed by atoms with Crippen molar-refractivity contribution >= 4 is 21.8 Å². The Morgan fingerprint density at radius 3 is 2.50 bits per heavy atom. The lowest BCUT2D eigenvalue weighted by Gasteiger charge is -2.09. The summed E-state index contributed by atoms with van der Waals surface area (Å²) < 4.78 is 0. The third-order valence-corrected chi connectivity index (χ3v) is 4.43. The first kappa shape index (κ1) is 13.2. The highest BCUT2D eigenvalue weighted by atomic mass is 16.3. The third-order valence-electron chi connectivity index (χ3n) is 4.43. The molecule has 0 spiro atoms. The molecule has 4 aromatic rings. The summed E-state index contributed by atoms with van der Waals surface area (Å²) >= 11 is 0. The number of hydrogen-bond donors (Lipinski definition) is 3. The van der Waals surface area contributed by atoms with E-state index < -0.39 is 6.10 Å². The largest absolute Gasteiger partial charge is 0.383 e. The molecule has 3 heteroatoms. The topological polar surface area (TPSA) is 51.8 Å². The summed E-state index contributed by atoms with van der Waals surface area (Å²) in [6.45, 7) is 2.14. The van der Waals surface area contributed by atoms with Crippen molar-refractivity contribution in [3.8, 4) is 0 Å². The normalized spacial score (nSPS) is 13.0. The number of aliphatic hydroxyl groups is 1. The van der Waals surface area contributed by atoms with E-state index >= 15 is 0 Å². The van der Waals surface area contributed by atoms with E-state index in [1.807, 2.05) is 36.7 Å². The summed E-state index contributed by atoms with van der Waals surface area (Å²) in [6.07, 6.45) is 4.16. The molecule has 0 saturated carbocycles. The minimum Gasteiger partial charge on any atom is -0.383 e. The van der Waals surface area contributed by atoms with Crippen molar-refractivity contribution in [3.63, 3.8) is 0 Å². The van der Waals surface area contributed by atoms with Gasteiger partial charge in [0.15, 0.2) is 0 Å². The van der Waals surface area contributed by atoms with Gasteiger partial charge < -0.3 is 15.1 Å². The van der Waals surface area contributed by atoms with Crippen molar-refractivity contribution in [2.24, 2.45) is 0 Å². The van der Waals surface area contributed by atoms with Gasteiger partial charge in [-0.05, 0) is 18.1 Å². The zero-order valence-corrected chi connectivity index (χ0v) is 12.4. The van der Waals surface area contributed by atoms with Crippen LogP contribution in [-0.4, -0.2) is 15.1 Å². The SMILES string of the molecule is CCc1cccc2c([C@H](O)c3c[nH]c4ccccc34)c[nH]c12. The van der Waals surface area contributed by atoms with E-state index in [0.717, 1.165) is 39.4 Å². The molecular weight excluding hydrogens is 272 g/mol. The van der Waals surface area contributed by atoms with Gasteiger partial charge in [0.25, 0.3) is 0 Å². The van der Waals surface area contributed by atoms with Crippen LogP contribution >= 0.6 is 0 Å². The minimum absolute atomic E-state index is 0.642. The molecule has 3 nitrogen and oxygen atoms in total. The predicted octanol–water partition coefficient (Wildman–Crippen LogP) is 4.29. The van der Waals surface area contributed by atoms with Crippen molar-refractivity contribution in [1.82, 2.24) is 9.97 Å². The average Bonchev–Trinajstić information content (AvgIpc) is 3.18. The van der Waals surface area contributed by atoms with Crippen LogP contribution in [0, 0.1) is 0 Å². The van der Waals surface area contributed by atoms with Crippen molar-refractivity contribution in [1.29, 1.82) is 0 Å². The molecule has 22 heavy (non-hydrogen) atoms. The summed E-state index contributed by atoms with van der Waals surface area (Å²) in [4.78, 5) is 6.56. The molecule has 0 saturated heterocycles. The number of para-hydroxylation sites is 2. The standard InChI is InChI=1S/C19H18N2O/c1-2-12-6-5-8-14-16(11-21-18(12)14)19(22)15-10-20-17-9-4-3-7-13(15)17/h3-11,19-22H,2H2,1H3/t19-/m1/s1. The molecule has 2 heterocycles. The number of benzene rings is 2. The fraction of sp³-hybridized carbons (Fsp3) is 0.158. The Morgan fingerprint density at radius 2 is 1.64 bits per heavy atom. The molecule has 1 atom stereocenters. The number of fused-ring (bicyclic) bond motifs is 2. The molecule has 110 valence electrons. The van der Waals surface area contributed by atoms with Gasteiger partial charge in [-0.3, -0.25) is 0 Å². The van der Waals surface area contributed by atoms with E-state index in [9.17, 15) is 5.11 Å². The molecule has 0 fully saturated rings. The molecule has 0 aliphatic rings. The number of aromatic amines is 2. The van der Waals surface area contributed by atoms with Crippen LogP contribution in [-0.2, 0) is 6.42 Å². The van der Waals surface area contributed by atoms with Crippen LogP contribution in [0.1, 0.15) is 29.7 Å². The second kappa shape index (κ2) is 5.04. The smallest absolute Gasteiger partial charge is 0.108 e. The monoisotopic (exact) mass is 290 g/mol. The average molecular weight is 290 g/mol. The first-order chi connectivity index (χ1) is 10.8. The number of aromatic nitrogens is 2. The number of rotatable bonds is 3. The van der Waals surface area contributed by atoms with Gasteiger partial charge in [0.05, 0.1) is 0 Å². The lowest BCUT2D eigenvalue weighted by atomic mass is 9.99. The Labute approximate surface area is 128 Å². The van der Waals surface area contributed by atoms with Crippen LogP contribution in [0.2, 0.25) is 0 Å². The van der Waals surface area contributed by atoms with Crippen molar-refractivity contribution in [3.05, 3.63) is 71.5 Å². The van der Waals surface area contributed by atoms with Gasteiger partial charge in [-0.2, -0.15) is 0 Å². The molecule has 0 bridgehead atoms. The Hall–Kier alpha value is -2.52. The van der Waals surface area contributed by atoms with Gasteiger partial charge in [-0.1, -0.05) is 43.3 Å². The molecule has 2 aromatic heterocycles. The van der Waals surface area contributed by atoms with Crippen LogP contribution < -0.4 is 0 Å². The van der Waals surface area contributed by atoms with Crippen molar-refractivity contribution in [2.45, 2.75) is 19.4 Å². The van der Waals surface area contributed by atoms with Crippen LogP contribution in [0.4, 0.5) is 0 Å². The molecule has 3 N–H and O–H groups in total. The van der Waals surface area contributed by atoms with Crippen LogP contribution in [0.5, 0.6) is 0 Å². The second-order valence-electron chi connectivity index (χ2n) is 5.63. The molecular formula is C19H18N2O. The maximum Gasteiger partial charge on any atom is 0.108 e. The number of hydrogen-bond acceptors (Lipinski definition) is 1. The quantitative estimate of drug-likeness (QED) is 0.518. The first-order valence-electron chi connectivity index (χ1n) is 7.62. The van der Waals surface area contributed by atoms with Gasteiger partial charge in [-0.15, -0.1) is 0 Å². The number of aryl methyl sites for hydroxylation is 1. The van der Waals surface area contributed by atoms with Crippen molar-refractivity contribution in [2.75, 3.05) is 0 Å². The van der Waals surface area contributed by atoms with Gasteiger partial charge in [0, 0.05) is 45.3 Å². The maximum absolute atomic E-state index is 10.9. The molecule has 2 aromatic carbocycles. The molecule has 4 rings (SSSR count). The predicted molar refractivity (Wildman–Crippen MR) is 90.0 cm³/mol. The summed E-state index contributed by atoms with van der Waals surface area (Å²) in [7, 11) is 0. The van der Waals surface area contributed by atoms with Gasteiger partial charge in [0.2, 0.25) is 0 Å². The molecule has 0 amide bonds. The highest BCUT2D eigenvalue weighted by molar-refractivity contribution is 5.89. The summed E-state index contributed by atoms with van der Waals surface area (Å²) in [5.74, 6) is 0. The zero-order chi connectivity index (χ0) is 15.1. The Bertz CT molecular complexity index is 948. The lowest BCUT2D eigenvalue weighted by molar-refractivity contribution is 0.223. The molecule has 0 aliphatic heterocycles. The van der Waals surface area contributed by atoms with Crippen LogP contribution in [0.3, 0.4) is 0 Å². The van der Waals surface area contributed by atoms with Crippen molar-refractivity contribution < 1.29 is 5.11 Å². The summed E-state index contributed by atoms with van der Waals surface area (Å²) in [5.41, 5.74) is 5.29. The minimum atomic E-state index is -0.642. The Kier molecular flexibility index (Phi) is 3.01. The Balaban J connectivity index is 1.88. The van der Waals surface area contributed by atoms with Gasteiger partial charge in [0.1, 0.15) is 6.10 Å². The highest BCUT2D eigenvalue weighted by Gasteiger charge is 2.19. The number of aliphatic hydroxyl groups excluding tert-OH is 1. The van der Waals surface area contributed by atoms with E-state index in [0.29, 0.717) is 0 Å². The summed E-state index contributed by atoms with van der Waals surface area (Å²) in [5, 5.41) is 13.0. The summed E-state index contributed by atoms with van der Waals surface area (Å²) in [6, 6.07) is 14.3. The van der Waals surface area contributed by atoms with E-state index in [4.69, 9.17) is 0 Å². The highest BCUT2D eigenvalue weighted by Crippen LogP contribution is 2.33. The maximum atomic E-state index is 10.9. The molecule has 0 unspecified atom stereocenters. The fourth-order valence-electron chi connectivity index (χ4n) is 3.25. The molecule has 0 radical (unpaired) electrons. The first-order valence-corrected chi connectivity index (χ1v) is 7.62. The fourth-order valence-corrected chi connectivity index (χ4v) is 3.25. The second-order valence-corrected chi connectivity index (χ2v) is 5.63. The van der Waals surface area contributed by atoms with Gasteiger partial charge in [-0.25, -0.2) is 0 Å². The zero-order valence-electron chi connectivity index (χ0n) is 12.4.